The van der Waals surface area contributed by atoms with Crippen LogP contribution in [0.2, 0.25) is 0 Å². The van der Waals surface area contributed by atoms with E-state index in [4.69, 9.17) is 9.68 Å². The highest BCUT2D eigenvalue weighted by Crippen LogP contribution is 2.29. The Morgan fingerprint density at radius 1 is 1.25 bits per heavy atom. The number of rotatable bonds is 2. The summed E-state index contributed by atoms with van der Waals surface area (Å²) in [6, 6.07) is 6.49. The zero-order valence-corrected chi connectivity index (χ0v) is 11.2. The Hall–Kier alpha value is -2.00. The molecule has 8 heteroatoms. The van der Waals surface area contributed by atoms with Crippen LogP contribution in [-0.4, -0.2) is 42.4 Å². The van der Waals surface area contributed by atoms with E-state index in [1.165, 1.54) is 7.05 Å². The lowest BCUT2D eigenvalue weighted by molar-refractivity contribution is -1.13. The van der Waals surface area contributed by atoms with Gasteiger partial charge in [-0.05, 0) is 19.1 Å². The molecule has 8 nitrogen and oxygen atoms in total. The molecular weight excluding hydrogens is 264 g/mol. The van der Waals surface area contributed by atoms with Crippen LogP contribution in [0.25, 0.3) is 0 Å². The van der Waals surface area contributed by atoms with E-state index in [0.717, 1.165) is 15.7 Å². The zero-order chi connectivity index (χ0) is 14.3. The molecule has 1 N–H and O–H groups in total. The first-order valence-electron chi connectivity index (χ1n) is 6.21. The minimum atomic E-state index is -0.743. The van der Waals surface area contributed by atoms with Crippen molar-refractivity contribution in [2.24, 2.45) is 0 Å². The lowest BCUT2D eigenvalue weighted by atomic mass is 10.2. The predicted octanol–water partition coefficient (Wildman–Crippen LogP) is 1.10. The molecule has 3 amide bonds. The SMILES string of the molecule is Cc1ccc(N2C(=O)O[N+](C)(N3NCCO3)C2=O)cc1. The maximum atomic E-state index is 12.5. The number of hydrogen-bond acceptors (Lipinski definition) is 6. The number of carbonyl (C=O) groups is 2. The maximum Gasteiger partial charge on any atom is 0.498 e. The van der Waals surface area contributed by atoms with Crippen LogP contribution >= 0.6 is 0 Å². The monoisotopic (exact) mass is 279 g/mol. The average Bonchev–Trinajstić information content (AvgIpc) is 3.01. The van der Waals surface area contributed by atoms with Crippen LogP contribution in [0, 0.1) is 6.92 Å². The van der Waals surface area contributed by atoms with Crippen molar-refractivity contribution in [1.29, 1.82) is 0 Å². The van der Waals surface area contributed by atoms with Crippen LogP contribution < -0.4 is 10.3 Å². The van der Waals surface area contributed by atoms with Gasteiger partial charge in [0.2, 0.25) is 0 Å². The van der Waals surface area contributed by atoms with Gasteiger partial charge in [-0.2, -0.15) is 15.1 Å². The fourth-order valence-corrected chi connectivity index (χ4v) is 2.08. The number of hydroxylamine groups is 2. The predicted molar refractivity (Wildman–Crippen MR) is 67.5 cm³/mol. The maximum absolute atomic E-state index is 12.5. The summed E-state index contributed by atoms with van der Waals surface area (Å²) >= 11 is 0. The number of quaternary nitrogens is 1. The van der Waals surface area contributed by atoms with Gasteiger partial charge in [0.05, 0.1) is 17.0 Å². The van der Waals surface area contributed by atoms with E-state index >= 15 is 0 Å². The third-order valence-corrected chi connectivity index (χ3v) is 3.19. The zero-order valence-electron chi connectivity index (χ0n) is 11.2. The number of hydrogen-bond donors (Lipinski definition) is 1. The molecule has 1 unspecified atom stereocenters. The van der Waals surface area contributed by atoms with Gasteiger partial charge in [0, 0.05) is 6.54 Å². The van der Waals surface area contributed by atoms with Crippen molar-refractivity contribution in [2.45, 2.75) is 6.92 Å². The molecule has 1 aromatic rings. The summed E-state index contributed by atoms with van der Waals surface area (Å²) in [5, 5.41) is 1.13. The Bertz CT molecular complexity index is 555. The molecule has 1 atom stereocenters. The van der Waals surface area contributed by atoms with Gasteiger partial charge < -0.3 is 0 Å². The van der Waals surface area contributed by atoms with E-state index in [9.17, 15) is 9.59 Å². The van der Waals surface area contributed by atoms with Crippen LogP contribution in [-0.2, 0) is 9.68 Å². The highest BCUT2D eigenvalue weighted by Gasteiger charge is 2.60. The molecule has 2 fully saturated rings. The second-order valence-corrected chi connectivity index (χ2v) is 4.70. The fourth-order valence-electron chi connectivity index (χ4n) is 2.08. The van der Waals surface area contributed by atoms with E-state index < -0.39 is 16.9 Å². The third kappa shape index (κ3) is 1.86. The number of amides is 3. The summed E-state index contributed by atoms with van der Waals surface area (Å²) in [6.07, 6.45) is -0.737. The highest BCUT2D eigenvalue weighted by atomic mass is 16.9. The van der Waals surface area contributed by atoms with Gasteiger partial charge in [0.25, 0.3) is 0 Å². The number of hydrazine groups is 1. The molecule has 106 valence electrons. The van der Waals surface area contributed by atoms with Crippen molar-refractivity contribution in [3.8, 4) is 0 Å². The molecule has 0 aromatic heterocycles. The van der Waals surface area contributed by atoms with Crippen molar-refractivity contribution >= 4 is 17.8 Å². The molecule has 2 aliphatic rings. The standard InChI is InChI=1S/C12H15N4O4/c1-9-3-5-10(6-4-9)14-11(17)16(2,20-12(14)18)15-13-7-8-19-15/h3-6,13H,7-8H2,1-2H3/q+1. The summed E-state index contributed by atoms with van der Waals surface area (Å²) in [5.74, 6) is 0. The Balaban J connectivity index is 1.92. The van der Waals surface area contributed by atoms with Crippen molar-refractivity contribution in [3.63, 3.8) is 0 Å². The number of carbonyl (C=O) groups excluding carboxylic acids is 2. The van der Waals surface area contributed by atoms with Gasteiger partial charge in [-0.25, -0.2) is 14.5 Å². The largest absolute Gasteiger partial charge is 0.498 e. The molecule has 0 bridgehead atoms. The molecule has 2 aliphatic heterocycles. The van der Waals surface area contributed by atoms with Crippen molar-refractivity contribution < 1.29 is 24.0 Å². The Kier molecular flexibility index (Phi) is 2.94. The van der Waals surface area contributed by atoms with Crippen LogP contribution in [0.5, 0.6) is 0 Å². The molecule has 0 radical (unpaired) electrons. The minimum Gasteiger partial charge on any atom is -0.234 e. The first-order valence-corrected chi connectivity index (χ1v) is 6.21. The van der Waals surface area contributed by atoms with Crippen molar-refractivity contribution in [2.75, 3.05) is 25.1 Å². The Morgan fingerprint density at radius 2 is 1.95 bits per heavy atom. The summed E-state index contributed by atoms with van der Waals surface area (Å²) in [5.41, 5.74) is 4.33. The van der Waals surface area contributed by atoms with Crippen molar-refractivity contribution in [3.05, 3.63) is 29.8 Å². The molecule has 0 aliphatic carbocycles. The quantitative estimate of drug-likeness (QED) is 0.817. The number of aryl methyl sites for hydroxylation is 1. The molecule has 3 rings (SSSR count). The number of imide groups is 1. The van der Waals surface area contributed by atoms with Crippen LogP contribution in [0.15, 0.2) is 24.3 Å². The summed E-state index contributed by atoms with van der Waals surface area (Å²) in [4.78, 5) is 35.9. The van der Waals surface area contributed by atoms with E-state index in [0.29, 0.717) is 18.8 Å². The molecule has 1 aromatic carbocycles. The topological polar surface area (TPSA) is 71.1 Å². The number of urea groups is 1. The smallest absolute Gasteiger partial charge is 0.234 e. The number of nitrogens with one attached hydrogen (secondary N) is 1. The second-order valence-electron chi connectivity index (χ2n) is 4.70. The number of nitrogens with zero attached hydrogens (tertiary/aromatic N) is 3. The van der Waals surface area contributed by atoms with E-state index in [1.807, 2.05) is 19.1 Å². The number of anilines is 1. The molecular formula is C12H15N4O4+. The van der Waals surface area contributed by atoms with Crippen LogP contribution in [0.3, 0.4) is 0 Å². The Labute approximate surface area is 115 Å². The summed E-state index contributed by atoms with van der Waals surface area (Å²) in [6.45, 7) is 2.88. The first kappa shape index (κ1) is 13.0. The van der Waals surface area contributed by atoms with Gasteiger partial charge in [-0.1, -0.05) is 17.7 Å². The minimum absolute atomic E-state index is 0.406. The van der Waals surface area contributed by atoms with Gasteiger partial charge >= 0.3 is 12.1 Å². The van der Waals surface area contributed by atoms with Crippen molar-refractivity contribution in [1.82, 2.24) is 10.7 Å². The number of benzene rings is 1. The molecule has 0 saturated carbocycles. The second kappa shape index (κ2) is 4.53. The van der Waals surface area contributed by atoms with Crippen LogP contribution in [0.4, 0.5) is 15.3 Å². The average molecular weight is 279 g/mol. The molecule has 0 spiro atoms. The summed E-state index contributed by atoms with van der Waals surface area (Å²) < 4.78 is -0.743. The first-order chi connectivity index (χ1) is 9.52. The van der Waals surface area contributed by atoms with Gasteiger partial charge in [-0.3, -0.25) is 0 Å². The van der Waals surface area contributed by atoms with Gasteiger partial charge in [0.1, 0.15) is 12.3 Å². The van der Waals surface area contributed by atoms with Gasteiger partial charge in [0.15, 0.2) is 0 Å². The van der Waals surface area contributed by atoms with E-state index in [2.05, 4.69) is 5.43 Å². The van der Waals surface area contributed by atoms with Crippen LogP contribution in [0.1, 0.15) is 5.56 Å². The molecule has 20 heavy (non-hydrogen) atoms. The third-order valence-electron chi connectivity index (χ3n) is 3.19. The van der Waals surface area contributed by atoms with E-state index in [1.54, 1.807) is 12.1 Å². The normalized spacial score (nSPS) is 27.2. The summed E-state index contributed by atoms with van der Waals surface area (Å²) in [7, 11) is 1.44. The fraction of sp³-hybridized carbons (Fsp3) is 0.333. The highest BCUT2D eigenvalue weighted by molar-refractivity contribution is 6.11. The Morgan fingerprint density at radius 3 is 2.55 bits per heavy atom. The molecule has 2 heterocycles. The lowest BCUT2D eigenvalue weighted by Gasteiger charge is -2.24. The lowest BCUT2D eigenvalue weighted by Crippen LogP contribution is -2.60. The van der Waals surface area contributed by atoms with E-state index in [-0.39, 0.29) is 0 Å². The van der Waals surface area contributed by atoms with Gasteiger partial charge in [-0.15, -0.1) is 0 Å². The molecule has 2 saturated heterocycles.